The third kappa shape index (κ3) is 3.07. The van der Waals surface area contributed by atoms with Crippen molar-refractivity contribution in [3.63, 3.8) is 0 Å². The molecule has 19 heavy (non-hydrogen) atoms. The number of hydrogen-bond acceptors (Lipinski definition) is 2. The lowest BCUT2D eigenvalue weighted by molar-refractivity contribution is 0.112. The van der Waals surface area contributed by atoms with Gasteiger partial charge in [0, 0.05) is 40.2 Å². The molecule has 102 valence electrons. The average molecular weight is 323 g/mol. The lowest BCUT2D eigenvalue weighted by atomic mass is 10.2. The normalized spacial score (nSPS) is 11.4. The topological polar surface area (TPSA) is 25.2 Å². The van der Waals surface area contributed by atoms with Crippen LogP contribution in [-0.2, 0) is 6.54 Å². The van der Waals surface area contributed by atoms with Crippen LogP contribution in [0.15, 0.2) is 28.9 Å². The molecule has 0 aliphatic carbocycles. The van der Waals surface area contributed by atoms with Gasteiger partial charge in [0.2, 0.25) is 0 Å². The molecule has 1 aromatic heterocycles. The van der Waals surface area contributed by atoms with Crippen LogP contribution >= 0.6 is 15.9 Å². The van der Waals surface area contributed by atoms with Gasteiger partial charge in [0.25, 0.3) is 0 Å². The maximum atomic E-state index is 11.2. The van der Waals surface area contributed by atoms with E-state index in [2.05, 4.69) is 45.3 Å². The number of aldehydes is 1. The molecule has 3 nitrogen and oxygen atoms in total. The summed E-state index contributed by atoms with van der Waals surface area (Å²) in [6.07, 6.45) is 2.89. The molecule has 0 N–H and O–H groups in total. The van der Waals surface area contributed by atoms with Crippen LogP contribution in [0.3, 0.4) is 0 Å². The van der Waals surface area contributed by atoms with Crippen molar-refractivity contribution in [2.24, 2.45) is 0 Å². The van der Waals surface area contributed by atoms with Crippen molar-refractivity contribution in [1.29, 1.82) is 0 Å². The Balaban J connectivity index is 2.30. The van der Waals surface area contributed by atoms with Gasteiger partial charge in [-0.05, 0) is 31.3 Å². The molecule has 2 aromatic rings. The summed E-state index contributed by atoms with van der Waals surface area (Å²) >= 11 is 3.46. The fourth-order valence-corrected chi connectivity index (χ4v) is 2.73. The third-order valence-corrected chi connectivity index (χ3v) is 4.05. The summed E-state index contributed by atoms with van der Waals surface area (Å²) in [5.41, 5.74) is 1.88. The van der Waals surface area contributed by atoms with E-state index in [-0.39, 0.29) is 0 Å². The van der Waals surface area contributed by atoms with Crippen LogP contribution in [0.4, 0.5) is 0 Å². The van der Waals surface area contributed by atoms with Crippen LogP contribution in [0.25, 0.3) is 10.9 Å². The van der Waals surface area contributed by atoms with Gasteiger partial charge in [-0.3, -0.25) is 4.79 Å². The molecule has 0 radical (unpaired) electrons. The molecule has 1 aromatic carbocycles. The highest BCUT2D eigenvalue weighted by Gasteiger charge is 2.09. The second-order valence-corrected chi connectivity index (χ2v) is 5.50. The van der Waals surface area contributed by atoms with Gasteiger partial charge in [-0.2, -0.15) is 0 Å². The standard InChI is InChI=1S/C15H19BrN2O/c1-3-17(4-2)7-8-18-10-12(11-19)14-9-13(16)5-6-15(14)18/h5-6,9-11H,3-4,7-8H2,1-2H3. The highest BCUT2D eigenvalue weighted by molar-refractivity contribution is 9.10. The summed E-state index contributed by atoms with van der Waals surface area (Å²) in [6.45, 7) is 8.37. The van der Waals surface area contributed by atoms with Crippen molar-refractivity contribution >= 4 is 33.1 Å². The molecule has 4 heteroatoms. The summed E-state index contributed by atoms with van der Waals surface area (Å²) < 4.78 is 3.17. The monoisotopic (exact) mass is 322 g/mol. The molecule has 0 bridgehead atoms. The maximum absolute atomic E-state index is 11.2. The van der Waals surface area contributed by atoms with Gasteiger partial charge in [-0.25, -0.2) is 0 Å². The zero-order valence-corrected chi connectivity index (χ0v) is 13.0. The van der Waals surface area contributed by atoms with Gasteiger partial charge in [0.1, 0.15) is 0 Å². The summed E-state index contributed by atoms with van der Waals surface area (Å²) in [7, 11) is 0. The quantitative estimate of drug-likeness (QED) is 0.760. The van der Waals surface area contributed by atoms with Gasteiger partial charge in [0.05, 0.1) is 0 Å². The molecule has 0 amide bonds. The Labute approximate surface area is 122 Å². The largest absolute Gasteiger partial charge is 0.345 e. The van der Waals surface area contributed by atoms with Crippen molar-refractivity contribution in [3.05, 3.63) is 34.4 Å². The minimum Gasteiger partial charge on any atom is -0.345 e. The first-order valence-electron chi connectivity index (χ1n) is 6.65. The summed E-state index contributed by atoms with van der Waals surface area (Å²) in [4.78, 5) is 13.5. The Hall–Kier alpha value is -1.13. The average Bonchev–Trinajstić information content (AvgIpc) is 2.77. The van der Waals surface area contributed by atoms with Crippen molar-refractivity contribution < 1.29 is 4.79 Å². The molecule has 0 saturated carbocycles. The Morgan fingerprint density at radius 2 is 2.05 bits per heavy atom. The first kappa shape index (κ1) is 14.3. The Kier molecular flexibility index (Phi) is 4.77. The summed E-state index contributed by atoms with van der Waals surface area (Å²) in [6, 6.07) is 6.09. The second-order valence-electron chi connectivity index (χ2n) is 4.58. The number of rotatable bonds is 6. The minimum atomic E-state index is 0.760. The smallest absolute Gasteiger partial charge is 0.152 e. The Morgan fingerprint density at radius 1 is 1.32 bits per heavy atom. The number of nitrogens with zero attached hydrogens (tertiary/aromatic N) is 2. The SMILES string of the molecule is CCN(CC)CCn1cc(C=O)c2cc(Br)ccc21. The molecule has 1 heterocycles. The fourth-order valence-electron chi connectivity index (χ4n) is 2.36. The predicted octanol–water partition coefficient (Wildman–Crippen LogP) is 3.56. The number of fused-ring (bicyclic) bond motifs is 1. The van der Waals surface area contributed by atoms with E-state index in [0.717, 1.165) is 53.4 Å². The molecule has 0 saturated heterocycles. The maximum Gasteiger partial charge on any atom is 0.152 e. The van der Waals surface area contributed by atoms with E-state index in [4.69, 9.17) is 0 Å². The molecule has 0 fully saturated rings. The van der Waals surface area contributed by atoms with Gasteiger partial charge < -0.3 is 9.47 Å². The van der Waals surface area contributed by atoms with E-state index < -0.39 is 0 Å². The lowest BCUT2D eigenvalue weighted by Gasteiger charge is -2.18. The Morgan fingerprint density at radius 3 is 2.68 bits per heavy atom. The summed E-state index contributed by atoms with van der Waals surface area (Å²) in [5.74, 6) is 0. The van der Waals surface area contributed by atoms with E-state index in [0.29, 0.717) is 0 Å². The molecule has 0 spiro atoms. The van der Waals surface area contributed by atoms with Gasteiger partial charge in [-0.1, -0.05) is 29.8 Å². The molecular formula is C15H19BrN2O. The van der Waals surface area contributed by atoms with Crippen LogP contribution in [0.1, 0.15) is 24.2 Å². The zero-order chi connectivity index (χ0) is 13.8. The molecule has 0 aliphatic heterocycles. The number of likely N-dealkylation sites (N-methyl/N-ethyl adjacent to an activating group) is 1. The second kappa shape index (κ2) is 6.35. The van der Waals surface area contributed by atoms with E-state index in [1.165, 1.54) is 0 Å². The predicted molar refractivity (Wildman–Crippen MR) is 82.8 cm³/mol. The number of aromatic nitrogens is 1. The van der Waals surface area contributed by atoms with Crippen LogP contribution in [0.2, 0.25) is 0 Å². The van der Waals surface area contributed by atoms with Crippen molar-refractivity contribution in [3.8, 4) is 0 Å². The number of benzene rings is 1. The molecule has 0 atom stereocenters. The highest BCUT2D eigenvalue weighted by Crippen LogP contribution is 2.24. The van der Waals surface area contributed by atoms with Crippen molar-refractivity contribution in [2.45, 2.75) is 20.4 Å². The van der Waals surface area contributed by atoms with Gasteiger partial charge >= 0.3 is 0 Å². The van der Waals surface area contributed by atoms with Crippen LogP contribution in [0, 0.1) is 0 Å². The van der Waals surface area contributed by atoms with E-state index in [1.54, 1.807) is 0 Å². The zero-order valence-electron chi connectivity index (χ0n) is 11.4. The van der Waals surface area contributed by atoms with E-state index in [1.807, 2.05) is 18.3 Å². The van der Waals surface area contributed by atoms with Crippen molar-refractivity contribution in [1.82, 2.24) is 9.47 Å². The van der Waals surface area contributed by atoms with E-state index in [9.17, 15) is 4.79 Å². The van der Waals surface area contributed by atoms with Crippen LogP contribution in [0.5, 0.6) is 0 Å². The number of hydrogen-bond donors (Lipinski definition) is 0. The first-order chi connectivity index (χ1) is 9.19. The van der Waals surface area contributed by atoms with Crippen LogP contribution in [-0.4, -0.2) is 35.4 Å². The summed E-state index contributed by atoms with van der Waals surface area (Å²) in [5, 5.41) is 1.02. The van der Waals surface area contributed by atoms with Gasteiger partial charge in [-0.15, -0.1) is 0 Å². The van der Waals surface area contributed by atoms with Crippen LogP contribution < -0.4 is 0 Å². The molecule has 0 aliphatic rings. The number of halogens is 1. The highest BCUT2D eigenvalue weighted by atomic mass is 79.9. The first-order valence-corrected chi connectivity index (χ1v) is 7.44. The fraction of sp³-hybridized carbons (Fsp3) is 0.400. The lowest BCUT2D eigenvalue weighted by Crippen LogP contribution is -2.26. The number of carbonyl (C=O) groups is 1. The molecule has 2 rings (SSSR count). The molecule has 0 unspecified atom stereocenters. The van der Waals surface area contributed by atoms with Crippen molar-refractivity contribution in [2.75, 3.05) is 19.6 Å². The third-order valence-electron chi connectivity index (χ3n) is 3.55. The van der Waals surface area contributed by atoms with E-state index >= 15 is 0 Å². The van der Waals surface area contributed by atoms with Gasteiger partial charge in [0.15, 0.2) is 6.29 Å². The molecular weight excluding hydrogens is 304 g/mol. The minimum absolute atomic E-state index is 0.760. The Bertz CT molecular complexity index is 573. The number of carbonyl (C=O) groups excluding carboxylic acids is 1.